The number of aromatic nitrogens is 1. The summed E-state index contributed by atoms with van der Waals surface area (Å²) in [4.78, 5) is 54.4. The number of nitrogens with one attached hydrogen (secondary N) is 1. The molecule has 0 fully saturated rings. The summed E-state index contributed by atoms with van der Waals surface area (Å²) in [6, 6.07) is 11.5. The minimum absolute atomic E-state index is 0.0417. The molecule has 0 bridgehead atoms. The maximum Gasteiger partial charge on any atom is 0.407 e. The number of non-ortho nitro benzene ring substituents is 1. The van der Waals surface area contributed by atoms with Gasteiger partial charge in [-0.25, -0.2) is 9.78 Å². The van der Waals surface area contributed by atoms with Crippen LogP contribution in [0.2, 0.25) is 0 Å². The number of alkyl carbamates (subject to hydrolysis) is 1. The van der Waals surface area contributed by atoms with Crippen LogP contribution in [0.5, 0.6) is 0 Å². The van der Waals surface area contributed by atoms with Gasteiger partial charge in [-0.05, 0) is 45.7 Å². The lowest BCUT2D eigenvalue weighted by molar-refractivity contribution is -0.384. The van der Waals surface area contributed by atoms with E-state index < -0.39 is 34.4 Å². The van der Waals surface area contributed by atoms with Crippen LogP contribution in [0.15, 0.2) is 59.1 Å². The molecule has 2 aromatic carbocycles. The van der Waals surface area contributed by atoms with Crippen LogP contribution in [0, 0.1) is 10.1 Å². The predicted octanol–water partition coefficient (Wildman–Crippen LogP) is 4.89. The molecular weight excluding hydrogens is 480 g/mol. The number of fused-ring (bicyclic) bond motifs is 1. The molecule has 0 saturated heterocycles. The van der Waals surface area contributed by atoms with Gasteiger partial charge in [0.05, 0.1) is 28.9 Å². The van der Waals surface area contributed by atoms with E-state index in [1.807, 2.05) is 20.8 Å². The van der Waals surface area contributed by atoms with E-state index in [4.69, 9.17) is 9.15 Å². The third kappa shape index (κ3) is 5.66. The van der Waals surface area contributed by atoms with Crippen LogP contribution < -0.4 is 5.32 Å². The first-order chi connectivity index (χ1) is 17.5. The molecule has 192 valence electrons. The van der Waals surface area contributed by atoms with Crippen LogP contribution in [-0.2, 0) is 4.74 Å². The monoisotopic (exact) mass is 506 g/mol. The van der Waals surface area contributed by atoms with Gasteiger partial charge >= 0.3 is 6.09 Å². The standard InChI is InChI=1S/C26H26N4O7/c1-26(2,3)28-25(33)36-13-7-12-20(29-23(31)18-10-4-5-11-19(18)24(29)32)22-27-15-21(37-22)16-8-6-9-17(14-16)30(34)35/h4-6,8-11,14-15,20H,7,12-13H2,1-3H3,(H,28,33)/t20-/m0/s1. The lowest BCUT2D eigenvalue weighted by Gasteiger charge is -2.24. The summed E-state index contributed by atoms with van der Waals surface area (Å²) < 4.78 is 11.2. The number of hydrogen-bond donors (Lipinski definition) is 1. The second-order valence-electron chi connectivity index (χ2n) is 9.57. The van der Waals surface area contributed by atoms with Gasteiger partial charge in [-0.1, -0.05) is 24.3 Å². The fourth-order valence-corrected chi connectivity index (χ4v) is 3.99. The van der Waals surface area contributed by atoms with Gasteiger partial charge in [0.15, 0.2) is 5.76 Å². The van der Waals surface area contributed by atoms with Crippen LogP contribution in [0.1, 0.15) is 66.3 Å². The number of oxazole rings is 1. The highest BCUT2D eigenvalue weighted by molar-refractivity contribution is 6.21. The highest BCUT2D eigenvalue weighted by Crippen LogP contribution is 2.35. The molecule has 1 aliphatic rings. The summed E-state index contributed by atoms with van der Waals surface area (Å²) in [5.74, 6) is -0.615. The van der Waals surface area contributed by atoms with Crippen molar-refractivity contribution in [1.82, 2.24) is 15.2 Å². The Hall–Kier alpha value is -4.54. The normalized spacial score (nSPS) is 13.9. The summed E-state index contributed by atoms with van der Waals surface area (Å²) in [6.45, 7) is 5.52. The Morgan fingerprint density at radius 1 is 1.14 bits per heavy atom. The molecule has 11 heteroatoms. The lowest BCUT2D eigenvalue weighted by atomic mass is 10.1. The molecule has 0 saturated carbocycles. The number of benzene rings is 2. The van der Waals surface area contributed by atoms with Gasteiger partial charge in [0, 0.05) is 23.2 Å². The van der Waals surface area contributed by atoms with Gasteiger partial charge < -0.3 is 14.5 Å². The topological polar surface area (TPSA) is 145 Å². The van der Waals surface area contributed by atoms with Crippen molar-refractivity contribution in [3.05, 3.63) is 81.9 Å². The molecule has 1 atom stereocenters. The summed E-state index contributed by atoms with van der Waals surface area (Å²) in [5, 5.41) is 13.9. The van der Waals surface area contributed by atoms with Crippen LogP contribution in [-0.4, -0.2) is 44.9 Å². The van der Waals surface area contributed by atoms with Gasteiger partial charge in [-0.2, -0.15) is 0 Å². The molecule has 1 aromatic heterocycles. The first kappa shape index (κ1) is 25.5. The van der Waals surface area contributed by atoms with Crippen molar-refractivity contribution in [3.63, 3.8) is 0 Å². The second kappa shape index (κ2) is 10.2. The van der Waals surface area contributed by atoms with Crippen molar-refractivity contribution in [1.29, 1.82) is 0 Å². The van der Waals surface area contributed by atoms with E-state index >= 15 is 0 Å². The Morgan fingerprint density at radius 2 is 1.81 bits per heavy atom. The van der Waals surface area contributed by atoms with Gasteiger partial charge in [-0.3, -0.25) is 24.6 Å². The number of carbonyl (C=O) groups excluding carboxylic acids is 3. The van der Waals surface area contributed by atoms with E-state index in [0.717, 1.165) is 4.90 Å². The number of nitro benzene ring substituents is 1. The van der Waals surface area contributed by atoms with E-state index in [2.05, 4.69) is 10.3 Å². The van der Waals surface area contributed by atoms with Crippen LogP contribution in [0.4, 0.5) is 10.5 Å². The van der Waals surface area contributed by atoms with Crippen molar-refractivity contribution in [2.75, 3.05) is 6.61 Å². The Bertz CT molecular complexity index is 1320. The van der Waals surface area contributed by atoms with Gasteiger partial charge in [0.2, 0.25) is 5.89 Å². The number of imide groups is 1. The summed E-state index contributed by atoms with van der Waals surface area (Å²) >= 11 is 0. The zero-order valence-electron chi connectivity index (χ0n) is 20.6. The lowest BCUT2D eigenvalue weighted by Crippen LogP contribution is -2.41. The Morgan fingerprint density at radius 3 is 2.43 bits per heavy atom. The molecule has 37 heavy (non-hydrogen) atoms. The summed E-state index contributed by atoms with van der Waals surface area (Å²) in [6.07, 6.45) is 1.34. The van der Waals surface area contributed by atoms with E-state index in [0.29, 0.717) is 12.0 Å². The SMILES string of the molecule is CC(C)(C)NC(=O)OCCC[C@@H](c1ncc(-c2cccc([N+](=O)[O-])c2)o1)N1C(=O)c2ccccc2C1=O. The van der Waals surface area contributed by atoms with Crippen LogP contribution in [0.25, 0.3) is 11.3 Å². The first-order valence-corrected chi connectivity index (χ1v) is 11.7. The van der Waals surface area contributed by atoms with E-state index in [1.54, 1.807) is 30.3 Å². The molecule has 2 heterocycles. The first-order valence-electron chi connectivity index (χ1n) is 11.7. The Labute approximate surface area is 212 Å². The van der Waals surface area contributed by atoms with Crippen molar-refractivity contribution < 1.29 is 28.5 Å². The molecule has 0 unspecified atom stereocenters. The Kier molecular flexibility index (Phi) is 7.05. The zero-order chi connectivity index (χ0) is 26.7. The smallest absolute Gasteiger partial charge is 0.407 e. The van der Waals surface area contributed by atoms with Crippen molar-refractivity contribution in [2.24, 2.45) is 0 Å². The summed E-state index contributed by atoms with van der Waals surface area (Å²) in [7, 11) is 0. The van der Waals surface area contributed by atoms with Crippen molar-refractivity contribution in [2.45, 2.75) is 45.2 Å². The van der Waals surface area contributed by atoms with Crippen molar-refractivity contribution in [3.8, 4) is 11.3 Å². The van der Waals surface area contributed by atoms with Gasteiger partial charge in [-0.15, -0.1) is 0 Å². The molecular formula is C26H26N4O7. The fraction of sp³-hybridized carbons (Fsp3) is 0.308. The second-order valence-corrected chi connectivity index (χ2v) is 9.57. The average molecular weight is 507 g/mol. The molecule has 4 rings (SSSR count). The fourth-order valence-electron chi connectivity index (χ4n) is 3.99. The highest BCUT2D eigenvalue weighted by atomic mass is 16.6. The molecule has 3 aromatic rings. The maximum absolute atomic E-state index is 13.2. The average Bonchev–Trinajstić information content (AvgIpc) is 3.43. The molecule has 3 amide bonds. The number of rotatable bonds is 8. The highest BCUT2D eigenvalue weighted by Gasteiger charge is 2.42. The molecule has 1 N–H and O–H groups in total. The maximum atomic E-state index is 13.2. The number of amides is 3. The Balaban J connectivity index is 1.58. The van der Waals surface area contributed by atoms with Crippen LogP contribution in [0.3, 0.4) is 0 Å². The molecule has 0 radical (unpaired) electrons. The largest absolute Gasteiger partial charge is 0.450 e. The third-order valence-electron chi connectivity index (χ3n) is 5.62. The molecule has 1 aliphatic heterocycles. The minimum atomic E-state index is -0.880. The van der Waals surface area contributed by atoms with E-state index in [9.17, 15) is 24.5 Å². The quantitative estimate of drug-likeness (QED) is 0.197. The number of ether oxygens (including phenoxy) is 1. The van der Waals surface area contributed by atoms with E-state index in [-0.39, 0.29) is 41.5 Å². The number of carbonyl (C=O) groups is 3. The third-order valence-corrected chi connectivity index (χ3v) is 5.62. The minimum Gasteiger partial charge on any atom is -0.450 e. The zero-order valence-corrected chi connectivity index (χ0v) is 20.6. The molecule has 0 spiro atoms. The predicted molar refractivity (Wildman–Crippen MR) is 132 cm³/mol. The number of nitro groups is 1. The number of hydrogen-bond acceptors (Lipinski definition) is 8. The van der Waals surface area contributed by atoms with Crippen molar-refractivity contribution >= 4 is 23.6 Å². The van der Waals surface area contributed by atoms with Gasteiger partial charge in [0.1, 0.15) is 6.04 Å². The summed E-state index contributed by atoms with van der Waals surface area (Å²) in [5.41, 5.74) is 0.419. The molecule has 0 aliphatic carbocycles. The number of nitrogens with zero attached hydrogens (tertiary/aromatic N) is 3. The van der Waals surface area contributed by atoms with E-state index in [1.165, 1.54) is 24.4 Å². The van der Waals surface area contributed by atoms with Crippen LogP contribution >= 0.6 is 0 Å². The van der Waals surface area contributed by atoms with Gasteiger partial charge in [0.25, 0.3) is 17.5 Å². The molecule has 11 nitrogen and oxygen atoms in total.